The molecule has 114 valence electrons. The Kier molecular flexibility index (Phi) is 3.88. The summed E-state index contributed by atoms with van der Waals surface area (Å²) in [4.78, 5) is 2.68. The average Bonchev–Trinajstić information content (AvgIpc) is 2.62. The van der Waals surface area contributed by atoms with Crippen molar-refractivity contribution in [2.45, 2.75) is 44.6 Å². The first-order chi connectivity index (χ1) is 10.9. The van der Waals surface area contributed by atoms with Crippen molar-refractivity contribution < 1.29 is 0 Å². The summed E-state index contributed by atoms with van der Waals surface area (Å²) in [5, 5.41) is 0. The van der Waals surface area contributed by atoms with Gasteiger partial charge in [-0.2, -0.15) is 0 Å². The highest BCUT2D eigenvalue weighted by Crippen LogP contribution is 2.43. The van der Waals surface area contributed by atoms with Crippen LogP contribution >= 0.6 is 0 Å². The minimum Gasteiger partial charge on any atom is -0.364 e. The molecule has 2 aromatic rings. The Morgan fingerprint density at radius 2 is 1.50 bits per heavy atom. The van der Waals surface area contributed by atoms with Gasteiger partial charge in [0.1, 0.15) is 0 Å². The lowest BCUT2D eigenvalue weighted by Crippen LogP contribution is -2.40. The van der Waals surface area contributed by atoms with Crippen LogP contribution in [0.4, 0.5) is 5.69 Å². The molecule has 2 aromatic carbocycles. The molecule has 1 nitrogen and oxygen atoms in total. The second-order valence-corrected chi connectivity index (χ2v) is 6.82. The molecule has 0 amide bonds. The molecule has 0 radical (unpaired) electrons. The maximum atomic E-state index is 2.68. The van der Waals surface area contributed by atoms with Gasteiger partial charge >= 0.3 is 0 Å². The number of hydrogen-bond donors (Lipinski definition) is 0. The summed E-state index contributed by atoms with van der Waals surface area (Å²) >= 11 is 0. The zero-order valence-electron chi connectivity index (χ0n) is 13.2. The summed E-state index contributed by atoms with van der Waals surface area (Å²) in [5.41, 5.74) is 4.56. The van der Waals surface area contributed by atoms with Crippen molar-refractivity contribution in [2.75, 3.05) is 11.4 Å². The van der Waals surface area contributed by atoms with E-state index in [1.54, 1.807) is 11.1 Å². The van der Waals surface area contributed by atoms with Crippen molar-refractivity contribution in [1.82, 2.24) is 0 Å². The summed E-state index contributed by atoms with van der Waals surface area (Å²) < 4.78 is 0. The second kappa shape index (κ2) is 6.16. The topological polar surface area (TPSA) is 3.24 Å². The molecule has 1 atom stereocenters. The molecule has 1 heterocycles. The van der Waals surface area contributed by atoms with Gasteiger partial charge < -0.3 is 4.90 Å². The standard InChI is InChI=1S/C21H25N/c1-3-10-18(11-4-1)21-20-14-8-7-9-17(20)15-16-22(21)19-12-5-2-6-13-19/h2,5-9,12-14,18,21H,1,3-4,10-11,15-16H2. The molecule has 0 bridgehead atoms. The van der Waals surface area contributed by atoms with Gasteiger partial charge in [-0.05, 0) is 48.4 Å². The van der Waals surface area contributed by atoms with Crippen LogP contribution in [0, 0.1) is 5.92 Å². The minimum absolute atomic E-state index is 0.577. The molecule has 4 rings (SSSR count). The molecule has 0 saturated heterocycles. The van der Waals surface area contributed by atoms with Crippen LogP contribution in [0.15, 0.2) is 54.6 Å². The van der Waals surface area contributed by atoms with E-state index in [0.717, 1.165) is 12.5 Å². The molecule has 0 aromatic heterocycles. The van der Waals surface area contributed by atoms with E-state index in [9.17, 15) is 0 Å². The summed E-state index contributed by atoms with van der Waals surface area (Å²) in [6, 6.07) is 20.8. The zero-order chi connectivity index (χ0) is 14.8. The van der Waals surface area contributed by atoms with Crippen LogP contribution in [0.25, 0.3) is 0 Å². The molecular weight excluding hydrogens is 266 g/mol. The van der Waals surface area contributed by atoms with E-state index in [-0.39, 0.29) is 0 Å². The van der Waals surface area contributed by atoms with Crippen molar-refractivity contribution in [3.05, 3.63) is 65.7 Å². The van der Waals surface area contributed by atoms with Gasteiger partial charge in [-0.1, -0.05) is 61.7 Å². The average molecular weight is 291 g/mol. The number of anilines is 1. The van der Waals surface area contributed by atoms with Crippen molar-refractivity contribution in [2.24, 2.45) is 5.92 Å². The highest BCUT2D eigenvalue weighted by molar-refractivity contribution is 5.52. The van der Waals surface area contributed by atoms with Gasteiger partial charge in [-0.25, -0.2) is 0 Å². The van der Waals surface area contributed by atoms with Crippen LogP contribution in [-0.4, -0.2) is 6.54 Å². The number of benzene rings is 2. The van der Waals surface area contributed by atoms with E-state index in [1.807, 2.05) is 0 Å². The van der Waals surface area contributed by atoms with Gasteiger partial charge in [0.05, 0.1) is 6.04 Å². The van der Waals surface area contributed by atoms with Crippen molar-refractivity contribution >= 4 is 5.69 Å². The third-order valence-electron chi connectivity index (χ3n) is 5.52. The molecule has 22 heavy (non-hydrogen) atoms. The lowest BCUT2D eigenvalue weighted by molar-refractivity contribution is 0.290. The normalized spacial score (nSPS) is 22.4. The number of fused-ring (bicyclic) bond motifs is 1. The van der Waals surface area contributed by atoms with Gasteiger partial charge in [-0.15, -0.1) is 0 Å². The van der Waals surface area contributed by atoms with E-state index in [2.05, 4.69) is 59.5 Å². The molecule has 1 saturated carbocycles. The zero-order valence-corrected chi connectivity index (χ0v) is 13.2. The van der Waals surface area contributed by atoms with Gasteiger partial charge in [0.2, 0.25) is 0 Å². The predicted octanol–water partition coefficient (Wildman–Crippen LogP) is 5.37. The number of hydrogen-bond acceptors (Lipinski definition) is 1. The molecule has 1 unspecified atom stereocenters. The van der Waals surface area contributed by atoms with E-state index in [4.69, 9.17) is 0 Å². The van der Waals surface area contributed by atoms with Crippen molar-refractivity contribution in [1.29, 1.82) is 0 Å². The fraction of sp³-hybridized carbons (Fsp3) is 0.429. The van der Waals surface area contributed by atoms with E-state index in [1.165, 1.54) is 44.2 Å². The van der Waals surface area contributed by atoms with E-state index in [0.29, 0.717) is 6.04 Å². The Morgan fingerprint density at radius 1 is 0.773 bits per heavy atom. The number of rotatable bonds is 2. The molecule has 1 heteroatoms. The minimum atomic E-state index is 0.577. The van der Waals surface area contributed by atoms with E-state index < -0.39 is 0 Å². The summed E-state index contributed by atoms with van der Waals surface area (Å²) in [5.74, 6) is 0.815. The van der Waals surface area contributed by atoms with Crippen LogP contribution in [0.3, 0.4) is 0 Å². The van der Waals surface area contributed by atoms with Gasteiger partial charge in [-0.3, -0.25) is 0 Å². The summed E-state index contributed by atoms with van der Waals surface area (Å²) in [6.45, 7) is 1.15. The SMILES string of the molecule is c1ccc(N2CCc3ccccc3C2C2CCCCC2)cc1. The fourth-order valence-electron chi connectivity index (χ4n) is 4.47. The Bertz CT molecular complexity index is 613. The van der Waals surface area contributed by atoms with Crippen molar-refractivity contribution in [3.8, 4) is 0 Å². The Morgan fingerprint density at radius 3 is 2.32 bits per heavy atom. The van der Waals surface area contributed by atoms with E-state index >= 15 is 0 Å². The van der Waals surface area contributed by atoms with Gasteiger partial charge in [0, 0.05) is 12.2 Å². The molecule has 2 aliphatic rings. The van der Waals surface area contributed by atoms with Crippen LogP contribution in [0.2, 0.25) is 0 Å². The predicted molar refractivity (Wildman–Crippen MR) is 93.3 cm³/mol. The molecule has 0 N–H and O–H groups in total. The molecule has 0 spiro atoms. The Hall–Kier alpha value is -1.76. The maximum Gasteiger partial charge on any atom is 0.0573 e. The van der Waals surface area contributed by atoms with Crippen LogP contribution in [0.1, 0.15) is 49.3 Å². The number of nitrogens with zero attached hydrogens (tertiary/aromatic N) is 1. The maximum absolute atomic E-state index is 2.68. The summed E-state index contributed by atoms with van der Waals surface area (Å²) in [7, 11) is 0. The first kappa shape index (κ1) is 13.9. The first-order valence-electron chi connectivity index (χ1n) is 8.83. The third kappa shape index (κ3) is 2.54. The lowest BCUT2D eigenvalue weighted by atomic mass is 9.77. The Balaban J connectivity index is 1.74. The largest absolute Gasteiger partial charge is 0.364 e. The quantitative estimate of drug-likeness (QED) is 0.719. The monoisotopic (exact) mass is 291 g/mol. The van der Waals surface area contributed by atoms with Crippen LogP contribution in [0.5, 0.6) is 0 Å². The highest BCUT2D eigenvalue weighted by Gasteiger charge is 2.34. The molecular formula is C21H25N. The smallest absolute Gasteiger partial charge is 0.0573 e. The number of para-hydroxylation sites is 1. The fourth-order valence-corrected chi connectivity index (χ4v) is 4.47. The van der Waals surface area contributed by atoms with Crippen molar-refractivity contribution in [3.63, 3.8) is 0 Å². The lowest BCUT2D eigenvalue weighted by Gasteiger charge is -2.44. The highest BCUT2D eigenvalue weighted by atomic mass is 15.2. The third-order valence-corrected chi connectivity index (χ3v) is 5.52. The molecule has 1 fully saturated rings. The molecule has 1 aliphatic heterocycles. The Labute approximate surface area is 134 Å². The van der Waals surface area contributed by atoms with Crippen LogP contribution in [-0.2, 0) is 6.42 Å². The molecule has 1 aliphatic carbocycles. The van der Waals surface area contributed by atoms with Gasteiger partial charge in [0.15, 0.2) is 0 Å². The van der Waals surface area contributed by atoms with Crippen LogP contribution < -0.4 is 4.90 Å². The summed E-state index contributed by atoms with van der Waals surface area (Å²) in [6.07, 6.45) is 8.20. The second-order valence-electron chi connectivity index (χ2n) is 6.82. The van der Waals surface area contributed by atoms with Gasteiger partial charge in [0.25, 0.3) is 0 Å². The first-order valence-corrected chi connectivity index (χ1v) is 8.83.